The Morgan fingerprint density at radius 1 is 1.47 bits per heavy atom. The summed E-state index contributed by atoms with van der Waals surface area (Å²) in [4.78, 5) is 10.5. The first kappa shape index (κ1) is 12.0. The summed E-state index contributed by atoms with van der Waals surface area (Å²) >= 11 is 5.78. The lowest BCUT2D eigenvalue weighted by Gasteiger charge is -2.13. The Labute approximate surface area is 94.6 Å². The van der Waals surface area contributed by atoms with Crippen molar-refractivity contribution in [2.45, 2.75) is 19.4 Å². The van der Waals surface area contributed by atoms with Crippen molar-refractivity contribution in [2.75, 3.05) is 6.54 Å². The van der Waals surface area contributed by atoms with Gasteiger partial charge in [0.1, 0.15) is 0 Å². The van der Waals surface area contributed by atoms with Gasteiger partial charge in [-0.25, -0.2) is 0 Å². The van der Waals surface area contributed by atoms with Crippen LogP contribution in [0.2, 0.25) is 5.02 Å². The van der Waals surface area contributed by atoms with Crippen LogP contribution in [0.1, 0.15) is 24.9 Å². The van der Waals surface area contributed by atoms with E-state index < -0.39 is 0 Å². The van der Waals surface area contributed by atoms with Crippen molar-refractivity contribution >= 4 is 17.5 Å². The average molecular weight is 227 g/mol. The maximum atomic E-state index is 10.5. The highest BCUT2D eigenvalue weighted by atomic mass is 35.5. The lowest BCUT2D eigenvalue weighted by Crippen LogP contribution is -2.24. The lowest BCUT2D eigenvalue weighted by atomic mass is 10.1. The predicted molar refractivity (Wildman–Crippen MR) is 61.7 cm³/mol. The third kappa shape index (κ3) is 4.32. The molecule has 3 N–H and O–H groups in total. The first-order valence-electron chi connectivity index (χ1n) is 4.86. The molecule has 1 aromatic rings. The van der Waals surface area contributed by atoms with Crippen LogP contribution in [-0.2, 0) is 4.79 Å². The molecule has 1 atom stereocenters. The molecular weight excluding hydrogens is 212 g/mol. The second-order valence-corrected chi connectivity index (χ2v) is 3.88. The number of carbonyl (C=O) groups is 1. The fraction of sp³-hybridized carbons (Fsp3) is 0.364. The summed E-state index contributed by atoms with van der Waals surface area (Å²) in [6, 6.07) is 7.82. The number of carbonyl (C=O) groups excluding carboxylic acids is 1. The Balaban J connectivity index is 2.43. The molecule has 0 aliphatic heterocycles. The molecule has 1 rings (SSSR count). The molecule has 1 aromatic carbocycles. The number of nitrogens with one attached hydrogen (secondary N) is 1. The van der Waals surface area contributed by atoms with Gasteiger partial charge in [-0.3, -0.25) is 4.79 Å². The monoisotopic (exact) mass is 226 g/mol. The van der Waals surface area contributed by atoms with E-state index in [1.807, 2.05) is 31.2 Å². The summed E-state index contributed by atoms with van der Waals surface area (Å²) in [7, 11) is 0. The maximum absolute atomic E-state index is 10.5. The highest BCUT2D eigenvalue weighted by molar-refractivity contribution is 6.30. The number of hydrogen-bond donors (Lipinski definition) is 2. The zero-order valence-corrected chi connectivity index (χ0v) is 9.42. The topological polar surface area (TPSA) is 55.1 Å². The quantitative estimate of drug-likeness (QED) is 0.806. The van der Waals surface area contributed by atoms with Crippen LogP contribution in [0.5, 0.6) is 0 Å². The molecule has 0 spiro atoms. The summed E-state index contributed by atoms with van der Waals surface area (Å²) in [5.74, 6) is -0.286. The van der Waals surface area contributed by atoms with Crippen molar-refractivity contribution in [3.63, 3.8) is 0 Å². The van der Waals surface area contributed by atoms with Crippen molar-refractivity contribution in [3.8, 4) is 0 Å². The van der Waals surface area contributed by atoms with E-state index in [2.05, 4.69) is 5.32 Å². The Bertz CT molecular complexity index is 324. The highest BCUT2D eigenvalue weighted by Crippen LogP contribution is 2.15. The number of hydrogen-bond acceptors (Lipinski definition) is 2. The second-order valence-electron chi connectivity index (χ2n) is 3.44. The summed E-state index contributed by atoms with van der Waals surface area (Å²) < 4.78 is 0. The SMILES string of the molecule is C[C@H](NCCC(N)=O)c1ccc(Cl)cc1. The number of halogens is 1. The molecule has 0 aliphatic carbocycles. The van der Waals surface area contributed by atoms with Crippen LogP contribution in [0, 0.1) is 0 Å². The van der Waals surface area contributed by atoms with Crippen LogP contribution in [-0.4, -0.2) is 12.5 Å². The van der Waals surface area contributed by atoms with E-state index in [0.717, 1.165) is 10.6 Å². The molecule has 0 saturated carbocycles. The van der Waals surface area contributed by atoms with Gasteiger partial charge in [0.25, 0.3) is 0 Å². The van der Waals surface area contributed by atoms with Gasteiger partial charge in [-0.05, 0) is 24.6 Å². The Morgan fingerprint density at radius 2 is 2.07 bits per heavy atom. The number of nitrogens with two attached hydrogens (primary N) is 1. The minimum atomic E-state index is -0.286. The van der Waals surface area contributed by atoms with Crippen molar-refractivity contribution in [3.05, 3.63) is 34.9 Å². The largest absolute Gasteiger partial charge is 0.370 e. The summed E-state index contributed by atoms with van der Waals surface area (Å²) in [5.41, 5.74) is 6.18. The third-order valence-corrected chi connectivity index (χ3v) is 2.44. The van der Waals surface area contributed by atoms with Crippen LogP contribution in [0.3, 0.4) is 0 Å². The molecular formula is C11H15ClN2O. The molecule has 4 heteroatoms. The minimum absolute atomic E-state index is 0.196. The van der Waals surface area contributed by atoms with E-state index in [0.29, 0.717) is 13.0 Å². The van der Waals surface area contributed by atoms with E-state index in [4.69, 9.17) is 17.3 Å². The molecule has 0 heterocycles. The van der Waals surface area contributed by atoms with E-state index >= 15 is 0 Å². The first-order valence-corrected chi connectivity index (χ1v) is 5.24. The fourth-order valence-electron chi connectivity index (χ4n) is 1.28. The van der Waals surface area contributed by atoms with Crippen LogP contribution < -0.4 is 11.1 Å². The van der Waals surface area contributed by atoms with Crippen LogP contribution in [0.4, 0.5) is 0 Å². The zero-order chi connectivity index (χ0) is 11.3. The number of primary amides is 1. The molecule has 0 aliphatic rings. The molecule has 15 heavy (non-hydrogen) atoms. The fourth-order valence-corrected chi connectivity index (χ4v) is 1.41. The number of benzene rings is 1. The smallest absolute Gasteiger partial charge is 0.218 e. The molecule has 0 radical (unpaired) electrons. The third-order valence-electron chi connectivity index (χ3n) is 2.19. The molecule has 0 aromatic heterocycles. The van der Waals surface area contributed by atoms with Gasteiger partial charge in [0, 0.05) is 24.0 Å². The van der Waals surface area contributed by atoms with Crippen molar-refractivity contribution in [2.24, 2.45) is 5.73 Å². The van der Waals surface area contributed by atoms with Gasteiger partial charge in [-0.15, -0.1) is 0 Å². The van der Waals surface area contributed by atoms with E-state index in [1.54, 1.807) is 0 Å². The molecule has 0 saturated heterocycles. The standard InChI is InChI=1S/C11H15ClN2O/c1-8(14-7-6-11(13)15)9-2-4-10(12)5-3-9/h2-5,8,14H,6-7H2,1H3,(H2,13,15)/t8-/m0/s1. The summed E-state index contributed by atoms with van der Waals surface area (Å²) in [5, 5.41) is 3.93. The number of amides is 1. The van der Waals surface area contributed by atoms with Gasteiger partial charge in [-0.1, -0.05) is 23.7 Å². The van der Waals surface area contributed by atoms with Crippen molar-refractivity contribution < 1.29 is 4.79 Å². The minimum Gasteiger partial charge on any atom is -0.370 e. The number of rotatable bonds is 5. The van der Waals surface area contributed by atoms with Crippen LogP contribution in [0.15, 0.2) is 24.3 Å². The molecule has 82 valence electrons. The van der Waals surface area contributed by atoms with Gasteiger partial charge in [-0.2, -0.15) is 0 Å². The first-order chi connectivity index (χ1) is 7.09. The normalized spacial score (nSPS) is 12.4. The Hall–Kier alpha value is -1.06. The van der Waals surface area contributed by atoms with E-state index in [9.17, 15) is 4.79 Å². The maximum Gasteiger partial charge on any atom is 0.218 e. The Morgan fingerprint density at radius 3 is 2.60 bits per heavy atom. The predicted octanol–water partition coefficient (Wildman–Crippen LogP) is 1.87. The zero-order valence-electron chi connectivity index (χ0n) is 8.66. The summed E-state index contributed by atoms with van der Waals surface area (Å²) in [6.45, 7) is 2.63. The van der Waals surface area contributed by atoms with Gasteiger partial charge in [0.05, 0.1) is 0 Å². The van der Waals surface area contributed by atoms with Crippen molar-refractivity contribution in [1.82, 2.24) is 5.32 Å². The Kier molecular flexibility index (Phi) is 4.59. The van der Waals surface area contributed by atoms with E-state index in [-0.39, 0.29) is 11.9 Å². The van der Waals surface area contributed by atoms with Gasteiger partial charge >= 0.3 is 0 Å². The van der Waals surface area contributed by atoms with E-state index in [1.165, 1.54) is 0 Å². The van der Waals surface area contributed by atoms with Crippen LogP contribution in [0.25, 0.3) is 0 Å². The summed E-state index contributed by atoms with van der Waals surface area (Å²) in [6.07, 6.45) is 0.359. The van der Waals surface area contributed by atoms with Gasteiger partial charge in [0.15, 0.2) is 0 Å². The van der Waals surface area contributed by atoms with Gasteiger partial charge in [0.2, 0.25) is 5.91 Å². The molecule has 3 nitrogen and oxygen atoms in total. The van der Waals surface area contributed by atoms with Gasteiger partial charge < -0.3 is 11.1 Å². The second kappa shape index (κ2) is 5.73. The highest BCUT2D eigenvalue weighted by Gasteiger charge is 2.04. The molecule has 0 unspecified atom stereocenters. The van der Waals surface area contributed by atoms with Crippen LogP contribution >= 0.6 is 11.6 Å². The lowest BCUT2D eigenvalue weighted by molar-refractivity contribution is -0.117. The molecule has 0 fully saturated rings. The average Bonchev–Trinajstić information content (AvgIpc) is 2.18. The van der Waals surface area contributed by atoms with Crippen molar-refractivity contribution in [1.29, 1.82) is 0 Å². The molecule has 1 amide bonds. The molecule has 0 bridgehead atoms.